The van der Waals surface area contributed by atoms with Crippen molar-refractivity contribution in [3.05, 3.63) is 0 Å². The minimum absolute atomic E-state index is 0. The molecule has 5 heavy (non-hydrogen) atoms. The summed E-state index contributed by atoms with van der Waals surface area (Å²) in [5, 5.41) is 0. The maximum Gasteiger partial charge on any atom is 0 e. The second kappa shape index (κ2) is 23.6. The normalized spacial score (nSPS) is 0. The van der Waals surface area contributed by atoms with Crippen LogP contribution in [0.4, 0.5) is 0 Å². The third kappa shape index (κ3) is 17.7. The molecular formula is H2CeLaOYZr. The summed E-state index contributed by atoms with van der Waals surface area (Å²) in [4.78, 5) is 0. The van der Waals surface area contributed by atoms with Gasteiger partial charge in [0.25, 0.3) is 0 Å². The van der Waals surface area contributed by atoms with E-state index in [1.807, 2.05) is 0 Å². The SMILES string of the molecule is O.[Ce].[La].[Y].[Zr]. The van der Waals surface area contributed by atoms with Crippen LogP contribution in [0, 0.1) is 77.3 Å². The molecule has 0 fully saturated rings. The molecule has 0 atom stereocenters. The summed E-state index contributed by atoms with van der Waals surface area (Å²) in [5.41, 5.74) is 0. The van der Waals surface area contributed by atoms with Gasteiger partial charge < -0.3 is 5.48 Å². The first-order valence-electron chi connectivity index (χ1n) is 0. The van der Waals surface area contributed by atoms with E-state index in [1.54, 1.807) is 0 Å². The van der Waals surface area contributed by atoms with E-state index >= 15 is 0 Å². The molecule has 0 saturated carbocycles. The third-order valence-electron chi connectivity index (χ3n) is 0. The Balaban J connectivity index is 0. The Morgan fingerprint density at radius 2 is 1.00 bits per heavy atom. The van der Waals surface area contributed by atoms with Crippen LogP contribution in [-0.2, 0) is 58.9 Å². The van der Waals surface area contributed by atoms with Gasteiger partial charge in [0.05, 0.1) is 0 Å². The summed E-state index contributed by atoms with van der Waals surface area (Å²) < 4.78 is 0. The Kier molecular flexibility index (Phi) is 160. The molecule has 0 saturated heterocycles. The molecule has 0 aromatic carbocycles. The zero-order valence-corrected chi connectivity index (χ0v) is 14.7. The molecule has 22 valence electrons. The zero-order valence-electron chi connectivity index (χ0n) is 2.65. The van der Waals surface area contributed by atoms with Crippen LogP contribution in [0.25, 0.3) is 0 Å². The zero-order chi connectivity index (χ0) is 0. The fraction of sp³-hybridized carbons (Fsp3) is 0. The molecule has 0 heterocycles. The first-order chi connectivity index (χ1) is 0. The largest absolute Gasteiger partial charge is 0.412 e. The average Bonchev–Trinajstić information content (AvgIpc) is 0. The van der Waals surface area contributed by atoms with E-state index in [9.17, 15) is 0 Å². The van der Waals surface area contributed by atoms with Gasteiger partial charge in [-0.1, -0.05) is 0 Å². The summed E-state index contributed by atoms with van der Waals surface area (Å²) in [6.07, 6.45) is 0. The minimum atomic E-state index is 0. The van der Waals surface area contributed by atoms with Crippen LogP contribution >= 0.6 is 0 Å². The molecule has 0 amide bonds. The summed E-state index contributed by atoms with van der Waals surface area (Å²) in [6, 6.07) is 0. The van der Waals surface area contributed by atoms with E-state index in [4.69, 9.17) is 0 Å². The summed E-state index contributed by atoms with van der Waals surface area (Å²) in [7, 11) is 0. The van der Waals surface area contributed by atoms with Crippen molar-refractivity contribution in [1.29, 1.82) is 0 Å². The Bertz CT molecular complexity index is 11.6. The number of rotatable bonds is 0. The molecule has 5 heteroatoms. The van der Waals surface area contributed by atoms with Gasteiger partial charge in [-0.3, -0.25) is 0 Å². The average molecular weight is 477 g/mol. The summed E-state index contributed by atoms with van der Waals surface area (Å²) in [5.74, 6) is 0. The Hall–Kier alpha value is 4.52. The number of hydrogen-bond donors (Lipinski definition) is 0. The minimum Gasteiger partial charge on any atom is -0.412 e. The van der Waals surface area contributed by atoms with Crippen molar-refractivity contribution in [2.24, 2.45) is 0 Å². The van der Waals surface area contributed by atoms with Crippen molar-refractivity contribution in [3.63, 3.8) is 0 Å². The maximum atomic E-state index is 0. The van der Waals surface area contributed by atoms with Gasteiger partial charge in [0.15, 0.2) is 0 Å². The first kappa shape index (κ1) is 33.8. The van der Waals surface area contributed by atoms with Gasteiger partial charge in [0.2, 0.25) is 0 Å². The molecule has 0 aromatic rings. The van der Waals surface area contributed by atoms with Crippen LogP contribution in [0.2, 0.25) is 0 Å². The smallest absolute Gasteiger partial charge is 0 e. The van der Waals surface area contributed by atoms with E-state index in [1.165, 1.54) is 0 Å². The van der Waals surface area contributed by atoms with Crippen LogP contribution in [-0.4, -0.2) is 5.48 Å². The molecule has 0 aliphatic heterocycles. The van der Waals surface area contributed by atoms with Crippen molar-refractivity contribution < 1.29 is 142 Å². The monoisotopic (exact) mass is 476 g/mol. The quantitative estimate of drug-likeness (QED) is 0.437. The molecule has 0 spiro atoms. The van der Waals surface area contributed by atoms with Gasteiger partial charge in [0, 0.05) is 136 Å². The predicted molar refractivity (Wildman–Crippen MR) is 3.61 cm³/mol. The van der Waals surface area contributed by atoms with E-state index in [-0.39, 0.29) is 142 Å². The Morgan fingerprint density at radius 1 is 1.00 bits per heavy atom. The summed E-state index contributed by atoms with van der Waals surface area (Å²) in [6.45, 7) is 0. The molecule has 2 N–H and O–H groups in total. The Labute approximate surface area is 137 Å². The third-order valence-corrected chi connectivity index (χ3v) is 0. The molecule has 0 bridgehead atoms. The fourth-order valence-electron chi connectivity index (χ4n) is 0. The van der Waals surface area contributed by atoms with Gasteiger partial charge in [-0.2, -0.15) is 0 Å². The standard InChI is InChI=1S/Ce.La.H2O.Y.Zr/h;;1H2;;. The van der Waals surface area contributed by atoms with Crippen molar-refractivity contribution in [1.82, 2.24) is 0 Å². The van der Waals surface area contributed by atoms with Crippen LogP contribution in [0.15, 0.2) is 0 Å². The van der Waals surface area contributed by atoms with E-state index in [2.05, 4.69) is 0 Å². The van der Waals surface area contributed by atoms with Gasteiger partial charge in [-0.25, -0.2) is 0 Å². The van der Waals surface area contributed by atoms with E-state index in [0.29, 0.717) is 0 Å². The number of hydrogen-bond acceptors (Lipinski definition) is 0. The van der Waals surface area contributed by atoms with Crippen LogP contribution in [0.5, 0.6) is 0 Å². The van der Waals surface area contributed by atoms with Crippen molar-refractivity contribution in [2.45, 2.75) is 0 Å². The Morgan fingerprint density at radius 3 is 1.00 bits per heavy atom. The van der Waals surface area contributed by atoms with E-state index in [0.717, 1.165) is 0 Å². The second-order valence-electron chi connectivity index (χ2n) is 0. The van der Waals surface area contributed by atoms with Crippen LogP contribution in [0.3, 0.4) is 0 Å². The topological polar surface area (TPSA) is 31.5 Å². The summed E-state index contributed by atoms with van der Waals surface area (Å²) >= 11 is 0. The molecule has 0 aromatic heterocycles. The molecule has 0 rings (SSSR count). The van der Waals surface area contributed by atoms with Crippen LogP contribution in [0.1, 0.15) is 0 Å². The fourth-order valence-corrected chi connectivity index (χ4v) is 0. The molecule has 0 unspecified atom stereocenters. The molecule has 2 radical (unpaired) electrons. The molecular weight excluding hydrogens is 475 g/mol. The van der Waals surface area contributed by atoms with Crippen molar-refractivity contribution in [2.75, 3.05) is 0 Å². The van der Waals surface area contributed by atoms with Crippen molar-refractivity contribution in [3.8, 4) is 0 Å². The van der Waals surface area contributed by atoms with Crippen molar-refractivity contribution >= 4 is 0 Å². The molecule has 0 aliphatic carbocycles. The van der Waals surface area contributed by atoms with Gasteiger partial charge in [0.1, 0.15) is 0 Å². The predicted octanol–water partition coefficient (Wildman–Crippen LogP) is -0.830. The van der Waals surface area contributed by atoms with E-state index < -0.39 is 0 Å². The van der Waals surface area contributed by atoms with Gasteiger partial charge >= 0.3 is 0 Å². The molecule has 0 aliphatic rings. The van der Waals surface area contributed by atoms with Gasteiger partial charge in [-0.15, -0.1) is 0 Å². The van der Waals surface area contributed by atoms with Gasteiger partial charge in [-0.05, 0) is 0 Å². The second-order valence-corrected chi connectivity index (χ2v) is 0. The maximum absolute atomic E-state index is 0. The van der Waals surface area contributed by atoms with Crippen LogP contribution < -0.4 is 0 Å². The molecule has 1 nitrogen and oxygen atoms in total. The first-order valence-corrected chi connectivity index (χ1v) is 0.